The van der Waals surface area contributed by atoms with Gasteiger partial charge in [0.25, 0.3) is 0 Å². The van der Waals surface area contributed by atoms with Crippen molar-refractivity contribution in [1.82, 2.24) is 4.90 Å². The van der Waals surface area contributed by atoms with Crippen LogP contribution in [0.1, 0.15) is 17.5 Å². The van der Waals surface area contributed by atoms with Crippen LogP contribution in [0.25, 0.3) is 0 Å². The number of benzene rings is 1. The van der Waals surface area contributed by atoms with Crippen LogP contribution in [0.15, 0.2) is 29.4 Å². The van der Waals surface area contributed by atoms with Crippen molar-refractivity contribution in [2.24, 2.45) is 22.5 Å². The summed E-state index contributed by atoms with van der Waals surface area (Å²) in [5.41, 5.74) is 12.1. The lowest BCUT2D eigenvalue weighted by atomic mass is 10.1. The number of nitrogens with zero attached hydrogens (tertiary/aromatic N) is 2. The van der Waals surface area contributed by atoms with E-state index in [1.54, 1.807) is 29.2 Å². The van der Waals surface area contributed by atoms with Gasteiger partial charge in [0.1, 0.15) is 0 Å². The Morgan fingerprint density at radius 1 is 1.29 bits per heavy atom. The normalized spacial score (nSPS) is 18.8. The smallest absolute Gasteiger partial charge is 0.227 e. The summed E-state index contributed by atoms with van der Waals surface area (Å²) in [5.74, 6) is -0.600. The van der Waals surface area contributed by atoms with Gasteiger partial charge in [-0.2, -0.15) is 0 Å². The van der Waals surface area contributed by atoms with E-state index in [9.17, 15) is 9.59 Å². The van der Waals surface area contributed by atoms with Crippen LogP contribution in [0.4, 0.5) is 0 Å². The fourth-order valence-electron chi connectivity index (χ4n) is 2.36. The van der Waals surface area contributed by atoms with Crippen molar-refractivity contribution in [3.63, 3.8) is 0 Å². The first-order chi connectivity index (χ1) is 10.0. The molecule has 0 saturated carbocycles. The first-order valence-electron chi connectivity index (χ1n) is 6.65. The topological polar surface area (TPSA) is 122 Å². The highest BCUT2D eigenvalue weighted by molar-refractivity contribution is 5.97. The van der Waals surface area contributed by atoms with Crippen molar-refractivity contribution in [3.05, 3.63) is 35.4 Å². The monoisotopic (exact) mass is 290 g/mol. The Kier molecular flexibility index (Phi) is 4.42. The van der Waals surface area contributed by atoms with E-state index in [2.05, 4.69) is 5.16 Å². The van der Waals surface area contributed by atoms with Crippen LogP contribution in [-0.2, 0) is 16.0 Å². The van der Waals surface area contributed by atoms with Crippen LogP contribution in [0.3, 0.4) is 0 Å². The summed E-state index contributed by atoms with van der Waals surface area (Å²) in [5, 5.41) is 11.5. The fourth-order valence-corrected chi connectivity index (χ4v) is 2.36. The molecular weight excluding hydrogens is 272 g/mol. The van der Waals surface area contributed by atoms with Crippen LogP contribution in [-0.4, -0.2) is 40.8 Å². The zero-order valence-electron chi connectivity index (χ0n) is 11.5. The van der Waals surface area contributed by atoms with Gasteiger partial charge >= 0.3 is 0 Å². The number of carbonyl (C=O) groups is 2. The highest BCUT2D eigenvalue weighted by Crippen LogP contribution is 2.17. The van der Waals surface area contributed by atoms with Crippen molar-refractivity contribution >= 4 is 17.6 Å². The van der Waals surface area contributed by atoms with Gasteiger partial charge < -0.3 is 21.6 Å². The molecule has 1 aromatic carbocycles. The number of likely N-dealkylation sites (tertiary alicyclic amines) is 1. The molecule has 1 heterocycles. The molecule has 0 bridgehead atoms. The molecule has 1 fully saturated rings. The molecule has 1 atom stereocenters. The molecule has 5 N–H and O–H groups in total. The van der Waals surface area contributed by atoms with Crippen molar-refractivity contribution in [1.29, 1.82) is 0 Å². The molecule has 1 aromatic rings. The van der Waals surface area contributed by atoms with Crippen LogP contribution in [0.5, 0.6) is 0 Å². The molecule has 1 saturated heterocycles. The predicted octanol–water partition coefficient (Wildman–Crippen LogP) is -0.343. The van der Waals surface area contributed by atoms with Gasteiger partial charge in [0, 0.05) is 18.7 Å². The molecule has 112 valence electrons. The van der Waals surface area contributed by atoms with Crippen LogP contribution >= 0.6 is 0 Å². The zero-order chi connectivity index (χ0) is 15.4. The van der Waals surface area contributed by atoms with Crippen molar-refractivity contribution in [3.8, 4) is 0 Å². The molecule has 2 rings (SSSR count). The Labute approximate surface area is 122 Å². The third kappa shape index (κ3) is 3.50. The zero-order valence-corrected chi connectivity index (χ0v) is 11.5. The summed E-state index contributed by atoms with van der Waals surface area (Å²) in [6.45, 7) is 0.963. The second-order valence-corrected chi connectivity index (χ2v) is 5.09. The average Bonchev–Trinajstić information content (AvgIpc) is 2.97. The molecule has 0 radical (unpaired) electrons. The van der Waals surface area contributed by atoms with E-state index in [0.29, 0.717) is 25.1 Å². The van der Waals surface area contributed by atoms with Crippen LogP contribution in [0, 0.1) is 5.92 Å². The minimum Gasteiger partial charge on any atom is -0.409 e. The van der Waals surface area contributed by atoms with E-state index in [1.807, 2.05) is 0 Å². The molecule has 0 aliphatic carbocycles. The van der Waals surface area contributed by atoms with Crippen molar-refractivity contribution in [2.45, 2.75) is 12.8 Å². The maximum absolute atomic E-state index is 12.1. The Hall–Kier alpha value is -2.57. The Bertz CT molecular complexity index is 568. The van der Waals surface area contributed by atoms with Gasteiger partial charge in [-0.3, -0.25) is 9.59 Å². The molecular formula is C14H18N4O3. The van der Waals surface area contributed by atoms with E-state index >= 15 is 0 Å². The first kappa shape index (κ1) is 14.8. The molecule has 0 spiro atoms. The van der Waals surface area contributed by atoms with Crippen molar-refractivity contribution in [2.75, 3.05) is 13.1 Å². The third-order valence-corrected chi connectivity index (χ3v) is 3.66. The highest BCUT2D eigenvalue weighted by atomic mass is 16.4. The highest BCUT2D eigenvalue weighted by Gasteiger charge is 2.29. The summed E-state index contributed by atoms with van der Waals surface area (Å²) < 4.78 is 0. The maximum atomic E-state index is 12.1. The SMILES string of the molecule is NC(=O)C1CCN(C(=O)Cc2ccc(/C(N)=N/O)cc2)C1. The fraction of sp³-hybridized carbons (Fsp3) is 0.357. The van der Waals surface area contributed by atoms with Gasteiger partial charge in [-0.1, -0.05) is 29.4 Å². The number of rotatable bonds is 4. The largest absolute Gasteiger partial charge is 0.409 e. The molecule has 7 nitrogen and oxygen atoms in total. The summed E-state index contributed by atoms with van der Waals surface area (Å²) in [4.78, 5) is 24.9. The molecule has 1 aliphatic rings. The maximum Gasteiger partial charge on any atom is 0.227 e. The number of primary amides is 1. The van der Waals surface area contributed by atoms with Gasteiger partial charge in [0.05, 0.1) is 12.3 Å². The number of nitrogens with two attached hydrogens (primary N) is 2. The lowest BCUT2D eigenvalue weighted by molar-refractivity contribution is -0.129. The molecule has 0 aromatic heterocycles. The van der Waals surface area contributed by atoms with Crippen LogP contribution in [0.2, 0.25) is 0 Å². The number of hydrogen-bond acceptors (Lipinski definition) is 4. The van der Waals surface area contributed by atoms with Gasteiger partial charge in [-0.15, -0.1) is 0 Å². The quantitative estimate of drug-likeness (QED) is 0.304. The van der Waals surface area contributed by atoms with Gasteiger partial charge in [0.15, 0.2) is 5.84 Å². The Balaban J connectivity index is 1.96. The van der Waals surface area contributed by atoms with Crippen LogP contribution < -0.4 is 11.5 Å². The third-order valence-electron chi connectivity index (χ3n) is 3.66. The standard InChI is InChI=1S/C14H18N4O3/c15-13(17-21)10-3-1-9(2-4-10)7-12(19)18-6-5-11(8-18)14(16)20/h1-4,11,21H,5-8H2,(H2,15,17)(H2,16,20). The molecule has 2 amide bonds. The average molecular weight is 290 g/mol. The van der Waals surface area contributed by atoms with Crippen molar-refractivity contribution < 1.29 is 14.8 Å². The van der Waals surface area contributed by atoms with E-state index in [1.165, 1.54) is 0 Å². The summed E-state index contributed by atoms with van der Waals surface area (Å²) in [7, 11) is 0. The van der Waals surface area contributed by atoms with Gasteiger partial charge in [-0.05, 0) is 12.0 Å². The summed E-state index contributed by atoms with van der Waals surface area (Å²) >= 11 is 0. The summed E-state index contributed by atoms with van der Waals surface area (Å²) in [6.07, 6.45) is 0.880. The minimum atomic E-state index is -0.353. The molecule has 21 heavy (non-hydrogen) atoms. The molecule has 7 heteroatoms. The first-order valence-corrected chi connectivity index (χ1v) is 6.65. The molecule has 1 unspecified atom stereocenters. The van der Waals surface area contributed by atoms with Gasteiger partial charge in [-0.25, -0.2) is 0 Å². The lowest BCUT2D eigenvalue weighted by Crippen LogP contribution is -2.32. The van der Waals surface area contributed by atoms with E-state index in [0.717, 1.165) is 5.56 Å². The number of amidine groups is 1. The summed E-state index contributed by atoms with van der Waals surface area (Å²) in [6, 6.07) is 6.89. The van der Waals surface area contributed by atoms with E-state index < -0.39 is 0 Å². The van der Waals surface area contributed by atoms with Gasteiger partial charge in [0.2, 0.25) is 11.8 Å². The second-order valence-electron chi connectivity index (χ2n) is 5.09. The second kappa shape index (κ2) is 6.25. The number of carbonyl (C=O) groups excluding carboxylic acids is 2. The minimum absolute atomic E-state index is 0.0247. The number of hydrogen-bond donors (Lipinski definition) is 3. The number of amides is 2. The molecule has 1 aliphatic heterocycles. The van der Waals surface area contributed by atoms with E-state index in [-0.39, 0.29) is 30.0 Å². The van der Waals surface area contributed by atoms with E-state index in [4.69, 9.17) is 16.7 Å². The number of oxime groups is 1. The Morgan fingerprint density at radius 2 is 1.95 bits per heavy atom. The Morgan fingerprint density at radius 3 is 2.48 bits per heavy atom. The lowest BCUT2D eigenvalue weighted by Gasteiger charge is -2.16. The predicted molar refractivity (Wildman–Crippen MR) is 76.5 cm³/mol.